The SMILES string of the molecule is COc1cccc(-c2c[nH]c3ncc(-c4cccc(N)c4)cc23)c1. The van der Waals surface area contributed by atoms with Crippen molar-refractivity contribution in [3.05, 3.63) is 67.0 Å². The molecule has 0 atom stereocenters. The fourth-order valence-electron chi connectivity index (χ4n) is 2.91. The first-order valence-electron chi connectivity index (χ1n) is 7.72. The van der Waals surface area contributed by atoms with E-state index in [0.717, 1.165) is 44.7 Å². The predicted molar refractivity (Wildman–Crippen MR) is 97.9 cm³/mol. The lowest BCUT2D eigenvalue weighted by atomic mass is 10.0. The summed E-state index contributed by atoms with van der Waals surface area (Å²) in [6, 6.07) is 18.0. The first-order valence-corrected chi connectivity index (χ1v) is 7.72. The highest BCUT2D eigenvalue weighted by Crippen LogP contribution is 2.32. The van der Waals surface area contributed by atoms with Crippen molar-refractivity contribution in [2.24, 2.45) is 0 Å². The molecule has 4 rings (SSSR count). The highest BCUT2D eigenvalue weighted by atomic mass is 16.5. The maximum Gasteiger partial charge on any atom is 0.137 e. The van der Waals surface area contributed by atoms with Crippen molar-refractivity contribution in [1.82, 2.24) is 9.97 Å². The van der Waals surface area contributed by atoms with Crippen LogP contribution < -0.4 is 10.5 Å². The van der Waals surface area contributed by atoms with Crippen LogP contribution in [-0.4, -0.2) is 17.1 Å². The van der Waals surface area contributed by atoms with Gasteiger partial charge in [-0.15, -0.1) is 0 Å². The van der Waals surface area contributed by atoms with Crippen LogP contribution in [0.2, 0.25) is 0 Å². The van der Waals surface area contributed by atoms with E-state index in [1.165, 1.54) is 0 Å². The van der Waals surface area contributed by atoms with E-state index in [1.54, 1.807) is 7.11 Å². The molecular weight excluding hydrogens is 298 g/mol. The van der Waals surface area contributed by atoms with Gasteiger partial charge in [-0.05, 0) is 41.5 Å². The Kier molecular flexibility index (Phi) is 3.43. The third kappa shape index (κ3) is 2.48. The zero-order chi connectivity index (χ0) is 16.5. The van der Waals surface area contributed by atoms with Gasteiger partial charge < -0.3 is 15.5 Å². The molecule has 0 aliphatic heterocycles. The standard InChI is InChI=1S/C20H17N3O/c1-24-17-7-3-5-14(9-17)19-12-23-20-18(19)10-15(11-22-20)13-4-2-6-16(21)8-13/h2-12H,21H2,1H3,(H,22,23). The maximum atomic E-state index is 5.90. The lowest BCUT2D eigenvalue weighted by Crippen LogP contribution is -1.87. The molecule has 0 bridgehead atoms. The number of ether oxygens (including phenoxy) is 1. The Bertz CT molecular complexity index is 1020. The zero-order valence-electron chi connectivity index (χ0n) is 13.3. The summed E-state index contributed by atoms with van der Waals surface area (Å²) in [5, 5.41) is 1.07. The normalized spacial score (nSPS) is 10.9. The van der Waals surface area contributed by atoms with Crippen LogP contribution in [0.3, 0.4) is 0 Å². The van der Waals surface area contributed by atoms with Gasteiger partial charge in [0.1, 0.15) is 11.4 Å². The Balaban J connectivity index is 1.87. The van der Waals surface area contributed by atoms with Crippen molar-refractivity contribution in [2.45, 2.75) is 0 Å². The molecule has 0 spiro atoms. The first-order chi connectivity index (χ1) is 11.7. The largest absolute Gasteiger partial charge is 0.497 e. The lowest BCUT2D eigenvalue weighted by Gasteiger charge is -2.05. The Hall–Kier alpha value is -3.27. The molecular formula is C20H17N3O. The number of aromatic amines is 1. The highest BCUT2D eigenvalue weighted by Gasteiger charge is 2.10. The molecule has 3 N–H and O–H groups in total. The number of nitrogens with zero attached hydrogens (tertiary/aromatic N) is 1. The predicted octanol–water partition coefficient (Wildman–Crippen LogP) is 4.49. The molecule has 4 nitrogen and oxygen atoms in total. The molecule has 0 aliphatic carbocycles. The molecule has 2 aromatic heterocycles. The highest BCUT2D eigenvalue weighted by molar-refractivity contribution is 5.96. The van der Waals surface area contributed by atoms with Crippen molar-refractivity contribution in [1.29, 1.82) is 0 Å². The summed E-state index contributed by atoms with van der Waals surface area (Å²) in [7, 11) is 1.67. The number of anilines is 1. The molecule has 2 heterocycles. The van der Waals surface area contributed by atoms with Crippen LogP contribution in [0.1, 0.15) is 0 Å². The Morgan fingerprint density at radius 2 is 1.79 bits per heavy atom. The van der Waals surface area contributed by atoms with E-state index in [1.807, 2.05) is 54.9 Å². The molecule has 0 saturated heterocycles. The van der Waals surface area contributed by atoms with Crippen LogP contribution in [0.15, 0.2) is 67.0 Å². The molecule has 0 unspecified atom stereocenters. The second kappa shape index (κ2) is 5.74. The van der Waals surface area contributed by atoms with E-state index in [4.69, 9.17) is 10.5 Å². The topological polar surface area (TPSA) is 63.9 Å². The van der Waals surface area contributed by atoms with E-state index in [2.05, 4.69) is 22.1 Å². The molecule has 2 aromatic carbocycles. The monoisotopic (exact) mass is 315 g/mol. The summed E-state index contributed by atoms with van der Waals surface area (Å²) < 4.78 is 5.33. The van der Waals surface area contributed by atoms with Crippen molar-refractivity contribution in [3.63, 3.8) is 0 Å². The Morgan fingerprint density at radius 1 is 0.958 bits per heavy atom. The zero-order valence-corrected chi connectivity index (χ0v) is 13.3. The van der Waals surface area contributed by atoms with Gasteiger partial charge in [0.15, 0.2) is 0 Å². The molecule has 0 radical (unpaired) electrons. The van der Waals surface area contributed by atoms with E-state index >= 15 is 0 Å². The quantitative estimate of drug-likeness (QED) is 0.548. The Morgan fingerprint density at radius 3 is 2.62 bits per heavy atom. The molecule has 118 valence electrons. The molecule has 4 aromatic rings. The van der Waals surface area contributed by atoms with Gasteiger partial charge in [0, 0.05) is 34.6 Å². The van der Waals surface area contributed by atoms with E-state index in [-0.39, 0.29) is 0 Å². The molecule has 0 saturated carbocycles. The summed E-state index contributed by atoms with van der Waals surface area (Å²) in [6.07, 6.45) is 3.85. The third-order valence-corrected chi connectivity index (χ3v) is 4.13. The van der Waals surface area contributed by atoms with E-state index in [0.29, 0.717) is 0 Å². The van der Waals surface area contributed by atoms with Crippen LogP contribution in [0.4, 0.5) is 5.69 Å². The summed E-state index contributed by atoms with van der Waals surface area (Å²) in [5.74, 6) is 0.835. The van der Waals surface area contributed by atoms with Crippen molar-refractivity contribution < 1.29 is 4.74 Å². The second-order valence-corrected chi connectivity index (χ2v) is 5.68. The van der Waals surface area contributed by atoms with Crippen molar-refractivity contribution in [3.8, 4) is 28.0 Å². The number of rotatable bonds is 3. The number of benzene rings is 2. The van der Waals surface area contributed by atoms with Gasteiger partial charge in [-0.2, -0.15) is 0 Å². The third-order valence-electron chi connectivity index (χ3n) is 4.13. The molecule has 0 aliphatic rings. The summed E-state index contributed by atoms with van der Waals surface area (Å²) >= 11 is 0. The number of methoxy groups -OCH3 is 1. The number of nitrogens with one attached hydrogen (secondary N) is 1. The number of pyridine rings is 1. The van der Waals surface area contributed by atoms with Gasteiger partial charge in [0.25, 0.3) is 0 Å². The van der Waals surface area contributed by atoms with Gasteiger partial charge in [-0.25, -0.2) is 4.98 Å². The smallest absolute Gasteiger partial charge is 0.137 e. The minimum atomic E-state index is 0.745. The summed E-state index contributed by atoms with van der Waals surface area (Å²) in [6.45, 7) is 0. The number of fused-ring (bicyclic) bond motifs is 1. The minimum absolute atomic E-state index is 0.745. The minimum Gasteiger partial charge on any atom is -0.497 e. The van der Waals surface area contributed by atoms with Crippen molar-refractivity contribution >= 4 is 16.7 Å². The molecule has 4 heteroatoms. The van der Waals surface area contributed by atoms with Gasteiger partial charge in [-0.3, -0.25) is 0 Å². The fourth-order valence-corrected chi connectivity index (χ4v) is 2.91. The van der Waals surface area contributed by atoms with Gasteiger partial charge in [-0.1, -0.05) is 24.3 Å². The Labute approximate surface area is 139 Å². The molecule has 0 fully saturated rings. The van der Waals surface area contributed by atoms with E-state index < -0.39 is 0 Å². The van der Waals surface area contributed by atoms with Gasteiger partial charge in [0.05, 0.1) is 7.11 Å². The number of H-pyrrole nitrogens is 1. The van der Waals surface area contributed by atoms with Crippen LogP contribution in [0, 0.1) is 0 Å². The summed E-state index contributed by atoms with van der Waals surface area (Å²) in [4.78, 5) is 7.79. The number of aromatic nitrogens is 2. The fraction of sp³-hybridized carbons (Fsp3) is 0.0500. The van der Waals surface area contributed by atoms with Crippen LogP contribution >= 0.6 is 0 Å². The van der Waals surface area contributed by atoms with E-state index in [9.17, 15) is 0 Å². The van der Waals surface area contributed by atoms with Gasteiger partial charge in [0.2, 0.25) is 0 Å². The first kappa shape index (κ1) is 14.3. The van der Waals surface area contributed by atoms with Crippen molar-refractivity contribution in [2.75, 3.05) is 12.8 Å². The number of hydrogen-bond donors (Lipinski definition) is 2. The lowest BCUT2D eigenvalue weighted by molar-refractivity contribution is 0.415. The molecule has 24 heavy (non-hydrogen) atoms. The average molecular weight is 315 g/mol. The van der Waals surface area contributed by atoms with Crippen LogP contribution in [-0.2, 0) is 0 Å². The summed E-state index contributed by atoms with van der Waals surface area (Å²) in [5.41, 5.74) is 11.8. The number of nitrogens with two attached hydrogens (primary N) is 1. The second-order valence-electron chi connectivity index (χ2n) is 5.68. The van der Waals surface area contributed by atoms with Gasteiger partial charge >= 0.3 is 0 Å². The number of nitrogen functional groups attached to an aromatic ring is 1. The van der Waals surface area contributed by atoms with Crippen LogP contribution in [0.25, 0.3) is 33.3 Å². The molecule has 0 amide bonds. The number of hydrogen-bond acceptors (Lipinski definition) is 3. The average Bonchev–Trinajstić information content (AvgIpc) is 3.05. The van der Waals surface area contributed by atoms with Crippen LogP contribution in [0.5, 0.6) is 5.75 Å². The maximum absolute atomic E-state index is 5.90.